The lowest BCUT2D eigenvalue weighted by molar-refractivity contribution is 0.0599. The number of hydrogen-bond donors (Lipinski definition) is 1. The van der Waals surface area contributed by atoms with E-state index < -0.39 is 11.6 Å². The van der Waals surface area contributed by atoms with Crippen molar-refractivity contribution < 1.29 is 24.1 Å². The van der Waals surface area contributed by atoms with Crippen molar-refractivity contribution >= 4 is 5.97 Å². The zero-order valence-electron chi connectivity index (χ0n) is 16.0. The van der Waals surface area contributed by atoms with E-state index in [1.807, 2.05) is 60.7 Å². The summed E-state index contributed by atoms with van der Waals surface area (Å²) in [5.74, 6) is 0.107. The number of carbonyl (C=O) groups excluding carboxylic acids is 1. The van der Waals surface area contributed by atoms with Crippen LogP contribution in [0.2, 0.25) is 0 Å². The molecule has 0 aromatic heterocycles. The number of carbonyl (C=O) groups is 1. The zero-order valence-corrected chi connectivity index (χ0v) is 16.0. The van der Waals surface area contributed by atoms with Gasteiger partial charge in [-0.3, -0.25) is 0 Å². The van der Waals surface area contributed by atoms with Gasteiger partial charge in [-0.05, 0) is 23.3 Å². The highest BCUT2D eigenvalue weighted by Gasteiger charge is 2.40. The van der Waals surface area contributed by atoms with Gasteiger partial charge < -0.3 is 19.3 Å². The second-order valence-electron chi connectivity index (χ2n) is 6.19. The highest BCUT2D eigenvalue weighted by Crippen LogP contribution is 2.46. The molecule has 3 rings (SSSR count). The molecule has 28 heavy (non-hydrogen) atoms. The summed E-state index contributed by atoms with van der Waals surface area (Å²) in [6.45, 7) is 0. The van der Waals surface area contributed by atoms with Gasteiger partial charge in [-0.15, -0.1) is 0 Å². The number of aliphatic hydroxyl groups is 1. The van der Waals surface area contributed by atoms with E-state index in [-0.39, 0.29) is 5.56 Å². The molecule has 0 heterocycles. The van der Waals surface area contributed by atoms with Crippen LogP contribution in [0.5, 0.6) is 11.5 Å². The van der Waals surface area contributed by atoms with Crippen LogP contribution in [0.1, 0.15) is 27.0 Å². The van der Waals surface area contributed by atoms with Gasteiger partial charge in [-0.1, -0.05) is 60.7 Å². The lowest BCUT2D eigenvalue weighted by Gasteiger charge is -2.32. The Balaban J connectivity index is 2.37. The molecule has 0 amide bonds. The molecule has 0 fully saturated rings. The van der Waals surface area contributed by atoms with Gasteiger partial charge in [0.05, 0.1) is 32.5 Å². The molecule has 0 radical (unpaired) electrons. The number of methoxy groups -OCH3 is 3. The summed E-state index contributed by atoms with van der Waals surface area (Å²) in [5, 5.41) is 12.1. The lowest BCUT2D eigenvalue weighted by Crippen LogP contribution is -2.30. The van der Waals surface area contributed by atoms with Gasteiger partial charge in [0.25, 0.3) is 0 Å². The first-order valence-electron chi connectivity index (χ1n) is 8.74. The van der Waals surface area contributed by atoms with Crippen LogP contribution in [0.25, 0.3) is 0 Å². The van der Waals surface area contributed by atoms with Crippen LogP contribution in [-0.2, 0) is 10.3 Å². The first kappa shape index (κ1) is 19.5. The van der Waals surface area contributed by atoms with E-state index in [0.29, 0.717) is 28.2 Å². The predicted molar refractivity (Wildman–Crippen MR) is 106 cm³/mol. The molecule has 0 atom stereocenters. The molecule has 144 valence electrons. The van der Waals surface area contributed by atoms with Gasteiger partial charge in [0.2, 0.25) is 0 Å². The highest BCUT2D eigenvalue weighted by molar-refractivity contribution is 5.91. The standard InChI is InChI=1S/C23H22O5/c1-26-19-14-16(22(24)28-3)15-20(27-2)21(19)23(25,17-10-6-4-7-11-17)18-12-8-5-9-13-18/h4-15,25H,1-3H3. The molecule has 0 aliphatic carbocycles. The van der Waals surface area contributed by atoms with Crippen LogP contribution in [0.3, 0.4) is 0 Å². The number of hydrogen-bond acceptors (Lipinski definition) is 5. The fourth-order valence-corrected chi connectivity index (χ4v) is 3.32. The van der Waals surface area contributed by atoms with Crippen molar-refractivity contribution in [2.45, 2.75) is 5.60 Å². The number of benzene rings is 3. The summed E-state index contributed by atoms with van der Waals surface area (Å²) in [6.07, 6.45) is 0. The molecule has 3 aromatic rings. The minimum atomic E-state index is -1.56. The van der Waals surface area contributed by atoms with E-state index in [0.717, 1.165) is 0 Å². The molecule has 0 unspecified atom stereocenters. The zero-order chi connectivity index (χ0) is 20.1. The molecule has 5 nitrogen and oxygen atoms in total. The second kappa shape index (κ2) is 8.15. The molecule has 0 bridgehead atoms. The fourth-order valence-electron chi connectivity index (χ4n) is 3.32. The quantitative estimate of drug-likeness (QED) is 0.522. The summed E-state index contributed by atoms with van der Waals surface area (Å²) >= 11 is 0. The van der Waals surface area contributed by atoms with Crippen LogP contribution in [0.4, 0.5) is 0 Å². The Morgan fingerprint density at radius 1 is 0.786 bits per heavy atom. The van der Waals surface area contributed by atoms with Crippen molar-refractivity contribution in [1.29, 1.82) is 0 Å². The monoisotopic (exact) mass is 378 g/mol. The predicted octanol–water partition coefficient (Wildman–Crippen LogP) is 3.77. The Bertz CT molecular complexity index is 887. The molecule has 3 aromatic carbocycles. The number of ether oxygens (including phenoxy) is 3. The van der Waals surface area contributed by atoms with E-state index in [2.05, 4.69) is 0 Å². The van der Waals surface area contributed by atoms with Crippen molar-refractivity contribution in [3.8, 4) is 11.5 Å². The maximum atomic E-state index is 12.1. The average molecular weight is 378 g/mol. The molecular weight excluding hydrogens is 356 g/mol. The van der Waals surface area contributed by atoms with Crippen molar-refractivity contribution in [2.24, 2.45) is 0 Å². The molecule has 0 aliphatic rings. The summed E-state index contributed by atoms with van der Waals surface area (Å²) in [5.41, 5.74) is 0.395. The summed E-state index contributed by atoms with van der Waals surface area (Å²) in [6, 6.07) is 21.6. The minimum Gasteiger partial charge on any atom is -0.496 e. The van der Waals surface area contributed by atoms with E-state index in [4.69, 9.17) is 14.2 Å². The molecule has 0 saturated heterocycles. The van der Waals surface area contributed by atoms with Gasteiger partial charge in [-0.2, -0.15) is 0 Å². The summed E-state index contributed by atoms with van der Waals surface area (Å²) < 4.78 is 15.9. The molecular formula is C23H22O5. The van der Waals surface area contributed by atoms with Crippen molar-refractivity contribution in [3.63, 3.8) is 0 Å². The van der Waals surface area contributed by atoms with Crippen LogP contribution < -0.4 is 9.47 Å². The normalized spacial score (nSPS) is 11.0. The number of rotatable bonds is 6. The smallest absolute Gasteiger partial charge is 0.338 e. The summed E-state index contributed by atoms with van der Waals surface area (Å²) in [4.78, 5) is 12.1. The lowest BCUT2D eigenvalue weighted by atomic mass is 9.79. The molecule has 0 aliphatic heterocycles. The van der Waals surface area contributed by atoms with Gasteiger partial charge >= 0.3 is 5.97 Å². The van der Waals surface area contributed by atoms with Gasteiger partial charge in [0, 0.05) is 0 Å². The topological polar surface area (TPSA) is 65.0 Å². The Morgan fingerprint density at radius 2 is 1.21 bits per heavy atom. The molecule has 0 saturated carbocycles. The van der Waals surface area contributed by atoms with Gasteiger partial charge in [0.15, 0.2) is 0 Å². The van der Waals surface area contributed by atoms with E-state index in [1.165, 1.54) is 21.3 Å². The van der Waals surface area contributed by atoms with Crippen molar-refractivity contribution in [3.05, 3.63) is 95.1 Å². The highest BCUT2D eigenvalue weighted by atomic mass is 16.5. The molecule has 5 heteroatoms. The molecule has 0 spiro atoms. The van der Waals surface area contributed by atoms with Gasteiger partial charge in [-0.25, -0.2) is 4.79 Å². The first-order chi connectivity index (χ1) is 13.6. The minimum absolute atomic E-state index is 0.267. The Kier molecular flexibility index (Phi) is 5.66. The second-order valence-corrected chi connectivity index (χ2v) is 6.19. The van der Waals surface area contributed by atoms with Gasteiger partial charge in [0.1, 0.15) is 17.1 Å². The van der Waals surface area contributed by atoms with E-state index >= 15 is 0 Å². The first-order valence-corrected chi connectivity index (χ1v) is 8.74. The Morgan fingerprint density at radius 3 is 1.57 bits per heavy atom. The fraction of sp³-hybridized carbons (Fsp3) is 0.174. The van der Waals surface area contributed by atoms with Crippen molar-refractivity contribution in [1.82, 2.24) is 0 Å². The van der Waals surface area contributed by atoms with Crippen LogP contribution >= 0.6 is 0 Å². The summed E-state index contributed by atoms with van der Waals surface area (Å²) in [7, 11) is 4.27. The third-order valence-electron chi connectivity index (χ3n) is 4.67. The largest absolute Gasteiger partial charge is 0.496 e. The maximum absolute atomic E-state index is 12.1. The third kappa shape index (κ3) is 3.32. The van der Waals surface area contributed by atoms with Crippen molar-refractivity contribution in [2.75, 3.05) is 21.3 Å². The van der Waals surface area contributed by atoms with E-state index in [9.17, 15) is 9.90 Å². The SMILES string of the molecule is COC(=O)c1cc(OC)c(C(O)(c2ccccc2)c2ccccc2)c(OC)c1. The number of esters is 1. The van der Waals surface area contributed by atoms with Crippen LogP contribution in [0, 0.1) is 0 Å². The van der Waals surface area contributed by atoms with E-state index in [1.54, 1.807) is 12.1 Å². The Labute approximate surface area is 164 Å². The van der Waals surface area contributed by atoms with Crippen LogP contribution in [0.15, 0.2) is 72.8 Å². The third-order valence-corrected chi connectivity index (χ3v) is 4.67. The Hall–Kier alpha value is -3.31. The average Bonchev–Trinajstić information content (AvgIpc) is 2.78. The maximum Gasteiger partial charge on any atom is 0.338 e. The van der Waals surface area contributed by atoms with Crippen LogP contribution in [-0.4, -0.2) is 32.4 Å². The molecule has 1 N–H and O–H groups in total.